The Bertz CT molecular complexity index is 1430. The van der Waals surface area contributed by atoms with Gasteiger partial charge in [-0.2, -0.15) is 0 Å². The molecule has 0 nitrogen and oxygen atoms in total. The largest absolute Gasteiger partial charge is 0.0713 e. The summed E-state index contributed by atoms with van der Waals surface area (Å²) in [5.74, 6) is 3.35. The zero-order valence-electron chi connectivity index (χ0n) is 22.8. The summed E-state index contributed by atoms with van der Waals surface area (Å²) in [6.45, 7) is 4.64. The zero-order chi connectivity index (χ0) is 25.5. The van der Waals surface area contributed by atoms with Gasteiger partial charge in [0.2, 0.25) is 0 Å². The van der Waals surface area contributed by atoms with Crippen molar-refractivity contribution < 1.29 is 0 Å². The minimum absolute atomic E-state index is 0.295. The Morgan fingerprint density at radius 2 is 1.05 bits per heavy atom. The second-order valence-electron chi connectivity index (χ2n) is 13.4. The van der Waals surface area contributed by atoms with Gasteiger partial charge in [-0.15, -0.1) is 0 Å². The molecular weight excluding hydrogens is 456 g/mol. The maximum absolute atomic E-state index is 2.69. The third kappa shape index (κ3) is 3.10. The van der Waals surface area contributed by atoms with Crippen LogP contribution in [0.5, 0.6) is 0 Å². The normalized spacial score (nSPS) is 27.9. The van der Waals surface area contributed by atoms with E-state index in [2.05, 4.69) is 111 Å². The minimum Gasteiger partial charge on any atom is -0.0622 e. The second-order valence-corrected chi connectivity index (χ2v) is 13.4. The van der Waals surface area contributed by atoms with Crippen LogP contribution in [0.15, 0.2) is 97.1 Å². The monoisotopic (exact) mass is 494 g/mol. The van der Waals surface area contributed by atoms with Gasteiger partial charge in [0, 0.05) is 0 Å². The maximum Gasteiger partial charge on any atom is 0.0713 e. The molecule has 0 aliphatic heterocycles. The lowest BCUT2D eigenvalue weighted by atomic mass is 9.48. The van der Waals surface area contributed by atoms with Gasteiger partial charge in [-0.3, -0.25) is 0 Å². The molecule has 0 heteroatoms. The van der Waals surface area contributed by atoms with Gasteiger partial charge < -0.3 is 0 Å². The van der Waals surface area contributed by atoms with E-state index in [-0.39, 0.29) is 5.41 Å². The molecule has 4 aromatic carbocycles. The quantitative estimate of drug-likeness (QED) is 0.233. The molecule has 38 heavy (non-hydrogen) atoms. The summed E-state index contributed by atoms with van der Waals surface area (Å²) >= 11 is 0. The van der Waals surface area contributed by atoms with E-state index in [1.54, 1.807) is 5.56 Å². The standard InChI is InChI=1S/C38H38/c1-25(2)29-13-15-33-34-16-14-32(37-22-26-17-27(23-37)19-28(18-26)24-37)21-36(34)38(35(33)20-29,30-9-5-3-6-10-30)31-11-7-4-8-12-31/h3-16,20-21,25-28H,17-19,22-24H2,1-2H3. The SMILES string of the molecule is CC(C)c1ccc2c(c1)C(c1ccccc1)(c1ccccc1)c1cc(C34CC5CC(CC(C5)C3)C4)ccc1-2. The molecule has 5 aliphatic rings. The Hall–Kier alpha value is -3.12. The van der Waals surface area contributed by atoms with Crippen molar-refractivity contribution in [3.63, 3.8) is 0 Å². The molecule has 9 rings (SSSR count). The first-order chi connectivity index (χ1) is 18.6. The van der Waals surface area contributed by atoms with Crippen molar-refractivity contribution in [1.29, 1.82) is 0 Å². The molecule has 4 aromatic rings. The van der Waals surface area contributed by atoms with Crippen LogP contribution in [0.3, 0.4) is 0 Å². The van der Waals surface area contributed by atoms with E-state index in [1.807, 2.05) is 0 Å². The lowest BCUT2D eigenvalue weighted by Gasteiger charge is -2.57. The molecule has 0 radical (unpaired) electrons. The Morgan fingerprint density at radius 1 is 0.553 bits per heavy atom. The summed E-state index contributed by atoms with van der Waals surface area (Å²) in [4.78, 5) is 0. The third-order valence-corrected chi connectivity index (χ3v) is 10.9. The van der Waals surface area contributed by atoms with Crippen molar-refractivity contribution in [2.75, 3.05) is 0 Å². The minimum atomic E-state index is -0.295. The van der Waals surface area contributed by atoms with Crippen LogP contribution in [0.1, 0.15) is 91.7 Å². The van der Waals surface area contributed by atoms with Gasteiger partial charge in [0.05, 0.1) is 5.41 Å². The van der Waals surface area contributed by atoms with Gasteiger partial charge >= 0.3 is 0 Å². The molecule has 0 spiro atoms. The molecule has 0 unspecified atom stereocenters. The first kappa shape index (κ1) is 22.8. The first-order valence-corrected chi connectivity index (χ1v) is 15.0. The number of hydrogen-bond donors (Lipinski definition) is 0. The van der Waals surface area contributed by atoms with Gasteiger partial charge in [-0.25, -0.2) is 0 Å². The summed E-state index contributed by atoms with van der Waals surface area (Å²) in [7, 11) is 0. The number of rotatable bonds is 4. The van der Waals surface area contributed by atoms with Crippen molar-refractivity contribution in [2.45, 2.75) is 69.1 Å². The van der Waals surface area contributed by atoms with Crippen molar-refractivity contribution in [3.05, 3.63) is 130 Å². The van der Waals surface area contributed by atoms with Crippen LogP contribution in [0.4, 0.5) is 0 Å². The van der Waals surface area contributed by atoms with E-state index in [0.717, 1.165) is 17.8 Å². The van der Waals surface area contributed by atoms with Gasteiger partial charge in [-0.1, -0.05) is 111 Å². The predicted molar refractivity (Wildman–Crippen MR) is 158 cm³/mol. The van der Waals surface area contributed by atoms with Crippen molar-refractivity contribution in [1.82, 2.24) is 0 Å². The highest BCUT2D eigenvalue weighted by Gasteiger charge is 2.53. The van der Waals surface area contributed by atoms with Crippen LogP contribution in [0.25, 0.3) is 11.1 Å². The summed E-state index contributed by atoms with van der Waals surface area (Å²) in [5, 5.41) is 0. The van der Waals surface area contributed by atoms with Crippen LogP contribution >= 0.6 is 0 Å². The number of benzene rings is 4. The van der Waals surface area contributed by atoms with Crippen LogP contribution in [0.2, 0.25) is 0 Å². The van der Waals surface area contributed by atoms with Crippen molar-refractivity contribution in [3.8, 4) is 11.1 Å². The molecule has 4 bridgehead atoms. The van der Waals surface area contributed by atoms with Crippen LogP contribution in [-0.4, -0.2) is 0 Å². The van der Waals surface area contributed by atoms with Gasteiger partial charge in [0.1, 0.15) is 0 Å². The maximum atomic E-state index is 2.69. The van der Waals surface area contributed by atoms with Crippen LogP contribution < -0.4 is 0 Å². The van der Waals surface area contributed by atoms with E-state index in [0.29, 0.717) is 11.3 Å². The molecule has 0 aromatic heterocycles. The number of fused-ring (bicyclic) bond motifs is 3. The van der Waals surface area contributed by atoms with E-state index in [9.17, 15) is 0 Å². The second kappa shape index (κ2) is 8.19. The molecule has 0 N–H and O–H groups in total. The fourth-order valence-electron chi connectivity index (χ4n) is 9.66. The smallest absolute Gasteiger partial charge is 0.0622 e. The van der Waals surface area contributed by atoms with E-state index < -0.39 is 0 Å². The highest BCUT2D eigenvalue weighted by molar-refractivity contribution is 5.87. The Balaban J connectivity index is 1.42. The van der Waals surface area contributed by atoms with Crippen molar-refractivity contribution in [2.24, 2.45) is 17.8 Å². The van der Waals surface area contributed by atoms with Gasteiger partial charge in [0.15, 0.2) is 0 Å². The molecule has 0 atom stereocenters. The average Bonchev–Trinajstić information content (AvgIpc) is 3.23. The molecule has 4 saturated carbocycles. The Labute approximate surface area is 228 Å². The fraction of sp³-hybridized carbons (Fsp3) is 0.368. The summed E-state index contributed by atoms with van der Waals surface area (Å²) < 4.78 is 0. The van der Waals surface area contributed by atoms with E-state index in [1.165, 1.54) is 77.5 Å². The summed E-state index contributed by atoms with van der Waals surface area (Å²) in [5.41, 5.74) is 11.7. The lowest BCUT2D eigenvalue weighted by Crippen LogP contribution is -2.48. The third-order valence-electron chi connectivity index (χ3n) is 10.9. The molecule has 0 amide bonds. The van der Waals surface area contributed by atoms with Crippen LogP contribution in [-0.2, 0) is 10.8 Å². The summed E-state index contributed by atoms with van der Waals surface area (Å²) in [6.07, 6.45) is 8.70. The molecule has 0 saturated heterocycles. The number of hydrogen-bond acceptors (Lipinski definition) is 0. The molecule has 0 heterocycles. The van der Waals surface area contributed by atoms with Gasteiger partial charge in [-0.05, 0) is 112 Å². The fourth-order valence-corrected chi connectivity index (χ4v) is 9.66. The zero-order valence-corrected chi connectivity index (χ0v) is 22.8. The first-order valence-electron chi connectivity index (χ1n) is 15.0. The lowest BCUT2D eigenvalue weighted by molar-refractivity contribution is -0.00522. The van der Waals surface area contributed by atoms with E-state index in [4.69, 9.17) is 0 Å². The topological polar surface area (TPSA) is 0 Å². The Morgan fingerprint density at radius 3 is 1.58 bits per heavy atom. The predicted octanol–water partition coefficient (Wildman–Crippen LogP) is 9.64. The van der Waals surface area contributed by atoms with Crippen LogP contribution in [0, 0.1) is 17.8 Å². The molecule has 190 valence electrons. The van der Waals surface area contributed by atoms with E-state index >= 15 is 0 Å². The summed E-state index contributed by atoms with van der Waals surface area (Å²) in [6, 6.07) is 37.8. The Kier molecular flexibility index (Phi) is 4.92. The molecule has 5 aliphatic carbocycles. The average molecular weight is 495 g/mol. The van der Waals surface area contributed by atoms with Gasteiger partial charge in [0.25, 0.3) is 0 Å². The molecule has 4 fully saturated rings. The highest BCUT2D eigenvalue weighted by Crippen LogP contribution is 2.63. The highest BCUT2D eigenvalue weighted by atomic mass is 14.6. The van der Waals surface area contributed by atoms with Crippen molar-refractivity contribution >= 4 is 0 Å². The molecular formula is C38H38.